The van der Waals surface area contributed by atoms with Crippen LogP contribution in [-0.2, 0) is 6.54 Å². The fourth-order valence-electron chi connectivity index (χ4n) is 1.98. The van der Waals surface area contributed by atoms with Crippen molar-refractivity contribution in [3.63, 3.8) is 0 Å². The third kappa shape index (κ3) is 4.01. The van der Waals surface area contributed by atoms with Crippen LogP contribution in [0.25, 0.3) is 11.3 Å². The Labute approximate surface area is 119 Å². The van der Waals surface area contributed by atoms with Crippen LogP contribution in [0.1, 0.15) is 18.6 Å². The maximum Gasteiger partial charge on any atom is 0.573 e. The van der Waals surface area contributed by atoms with Gasteiger partial charge >= 0.3 is 6.36 Å². The maximum atomic E-state index is 12.1. The lowest BCUT2D eigenvalue weighted by molar-refractivity contribution is -0.274. The van der Waals surface area contributed by atoms with Crippen molar-refractivity contribution >= 4 is 0 Å². The van der Waals surface area contributed by atoms with E-state index in [1.54, 1.807) is 0 Å². The smallest absolute Gasteiger partial charge is 0.460 e. The second kappa shape index (κ2) is 5.44. The van der Waals surface area contributed by atoms with Crippen LogP contribution >= 0.6 is 0 Å². The van der Waals surface area contributed by atoms with Crippen LogP contribution in [-0.4, -0.2) is 12.4 Å². The SMILES string of the molecule is FC(F)(F)Oc1ccc(-c2ccc(CNC3CC3)o2)cc1. The largest absolute Gasteiger partial charge is 0.573 e. The normalized spacial score (nSPS) is 15.2. The Morgan fingerprint density at radius 1 is 1.10 bits per heavy atom. The fourth-order valence-corrected chi connectivity index (χ4v) is 1.98. The molecule has 0 unspecified atom stereocenters. The van der Waals surface area contributed by atoms with Gasteiger partial charge in [0, 0.05) is 11.6 Å². The number of nitrogens with one attached hydrogen (secondary N) is 1. The summed E-state index contributed by atoms with van der Waals surface area (Å²) in [5, 5.41) is 3.33. The summed E-state index contributed by atoms with van der Waals surface area (Å²) in [6, 6.07) is 9.89. The summed E-state index contributed by atoms with van der Waals surface area (Å²) in [6.45, 7) is 0.667. The molecular weight excluding hydrogens is 283 g/mol. The molecule has 1 aromatic carbocycles. The van der Waals surface area contributed by atoms with E-state index in [2.05, 4.69) is 10.1 Å². The van der Waals surface area contributed by atoms with Gasteiger partial charge in [0.15, 0.2) is 0 Å². The van der Waals surface area contributed by atoms with Gasteiger partial charge in [-0.1, -0.05) is 0 Å². The van der Waals surface area contributed by atoms with Gasteiger partial charge in [-0.2, -0.15) is 0 Å². The minimum atomic E-state index is -4.67. The zero-order chi connectivity index (χ0) is 14.9. The van der Waals surface area contributed by atoms with Gasteiger partial charge in [0.05, 0.1) is 6.54 Å². The summed E-state index contributed by atoms with van der Waals surface area (Å²) in [5.41, 5.74) is 0.710. The quantitative estimate of drug-likeness (QED) is 0.902. The molecule has 0 atom stereocenters. The summed E-state index contributed by atoms with van der Waals surface area (Å²) < 4.78 is 45.7. The van der Waals surface area contributed by atoms with E-state index in [1.165, 1.54) is 37.1 Å². The van der Waals surface area contributed by atoms with E-state index in [1.807, 2.05) is 12.1 Å². The molecule has 1 N–H and O–H groups in total. The number of benzene rings is 1. The van der Waals surface area contributed by atoms with Crippen LogP contribution in [0.15, 0.2) is 40.8 Å². The maximum absolute atomic E-state index is 12.1. The Hall–Kier alpha value is -1.95. The van der Waals surface area contributed by atoms with Gasteiger partial charge < -0.3 is 14.5 Å². The molecule has 1 aromatic heterocycles. The van der Waals surface area contributed by atoms with Crippen LogP contribution in [0.3, 0.4) is 0 Å². The molecule has 0 bridgehead atoms. The van der Waals surface area contributed by atoms with E-state index in [0.717, 1.165) is 5.76 Å². The molecule has 0 radical (unpaired) electrons. The van der Waals surface area contributed by atoms with Crippen molar-refractivity contribution in [2.24, 2.45) is 0 Å². The van der Waals surface area contributed by atoms with Crippen molar-refractivity contribution in [1.29, 1.82) is 0 Å². The predicted molar refractivity (Wildman–Crippen MR) is 70.7 cm³/mol. The number of hydrogen-bond acceptors (Lipinski definition) is 3. The molecule has 21 heavy (non-hydrogen) atoms. The Bertz CT molecular complexity index is 600. The zero-order valence-corrected chi connectivity index (χ0v) is 11.1. The first-order valence-corrected chi connectivity index (χ1v) is 6.68. The van der Waals surface area contributed by atoms with Crippen molar-refractivity contribution in [2.45, 2.75) is 31.8 Å². The average Bonchev–Trinajstić information content (AvgIpc) is 3.13. The molecule has 0 spiro atoms. The monoisotopic (exact) mass is 297 g/mol. The molecule has 0 amide bonds. The number of hydrogen-bond donors (Lipinski definition) is 1. The van der Waals surface area contributed by atoms with E-state index in [0.29, 0.717) is 23.9 Å². The molecule has 1 aliphatic rings. The van der Waals surface area contributed by atoms with E-state index >= 15 is 0 Å². The number of rotatable bonds is 5. The molecule has 3 nitrogen and oxygen atoms in total. The molecule has 0 aliphatic heterocycles. The third-order valence-electron chi connectivity index (χ3n) is 3.18. The second-order valence-electron chi connectivity index (χ2n) is 4.99. The average molecular weight is 297 g/mol. The van der Waals surface area contributed by atoms with Gasteiger partial charge in [-0.25, -0.2) is 0 Å². The first-order valence-electron chi connectivity index (χ1n) is 6.68. The molecular formula is C15H14F3NO2. The van der Waals surface area contributed by atoms with E-state index in [4.69, 9.17) is 4.42 Å². The summed E-state index contributed by atoms with van der Waals surface area (Å²) in [6.07, 6.45) is -2.27. The second-order valence-corrected chi connectivity index (χ2v) is 4.99. The highest BCUT2D eigenvalue weighted by Gasteiger charge is 2.31. The van der Waals surface area contributed by atoms with Crippen LogP contribution in [0.5, 0.6) is 5.75 Å². The lowest BCUT2D eigenvalue weighted by Crippen LogP contribution is -2.16. The van der Waals surface area contributed by atoms with Gasteiger partial charge in [0.1, 0.15) is 17.3 Å². The summed E-state index contributed by atoms with van der Waals surface area (Å²) >= 11 is 0. The first kappa shape index (κ1) is 14.0. The summed E-state index contributed by atoms with van der Waals surface area (Å²) in [4.78, 5) is 0. The fraction of sp³-hybridized carbons (Fsp3) is 0.333. The topological polar surface area (TPSA) is 34.4 Å². The molecule has 2 aromatic rings. The number of ether oxygens (including phenoxy) is 1. The van der Waals surface area contributed by atoms with Crippen molar-refractivity contribution in [3.05, 3.63) is 42.2 Å². The Morgan fingerprint density at radius 3 is 2.43 bits per heavy atom. The van der Waals surface area contributed by atoms with E-state index in [9.17, 15) is 13.2 Å². The number of alkyl halides is 3. The van der Waals surface area contributed by atoms with Crippen molar-refractivity contribution in [2.75, 3.05) is 0 Å². The van der Waals surface area contributed by atoms with Gasteiger partial charge in [0.25, 0.3) is 0 Å². The van der Waals surface area contributed by atoms with Crippen LogP contribution in [0.4, 0.5) is 13.2 Å². The zero-order valence-electron chi connectivity index (χ0n) is 11.1. The van der Waals surface area contributed by atoms with Crippen molar-refractivity contribution < 1.29 is 22.3 Å². The lowest BCUT2D eigenvalue weighted by atomic mass is 10.2. The van der Waals surface area contributed by atoms with Gasteiger partial charge in [-0.3, -0.25) is 0 Å². The van der Waals surface area contributed by atoms with Crippen LogP contribution < -0.4 is 10.1 Å². The first-order chi connectivity index (χ1) is 9.99. The highest BCUT2D eigenvalue weighted by Crippen LogP contribution is 2.28. The van der Waals surface area contributed by atoms with Gasteiger partial charge in [-0.05, 0) is 49.2 Å². The Kier molecular flexibility index (Phi) is 3.63. The molecule has 0 saturated heterocycles. The number of furan rings is 1. The van der Waals surface area contributed by atoms with Gasteiger partial charge in [0.2, 0.25) is 0 Å². The van der Waals surface area contributed by atoms with Gasteiger partial charge in [-0.15, -0.1) is 13.2 Å². The highest BCUT2D eigenvalue weighted by atomic mass is 19.4. The molecule has 1 fully saturated rings. The van der Waals surface area contributed by atoms with E-state index < -0.39 is 6.36 Å². The van der Waals surface area contributed by atoms with Crippen LogP contribution in [0, 0.1) is 0 Å². The number of halogens is 3. The summed E-state index contributed by atoms with van der Waals surface area (Å²) in [7, 11) is 0. The molecule has 3 rings (SSSR count). The Balaban J connectivity index is 1.65. The minimum Gasteiger partial charge on any atom is -0.460 e. The highest BCUT2D eigenvalue weighted by molar-refractivity contribution is 5.58. The summed E-state index contributed by atoms with van der Waals surface area (Å²) in [5.74, 6) is 1.20. The van der Waals surface area contributed by atoms with Crippen molar-refractivity contribution in [1.82, 2.24) is 5.32 Å². The molecule has 1 heterocycles. The van der Waals surface area contributed by atoms with Crippen LogP contribution in [0.2, 0.25) is 0 Å². The Morgan fingerprint density at radius 2 is 1.81 bits per heavy atom. The molecule has 1 aliphatic carbocycles. The predicted octanol–water partition coefficient (Wildman–Crippen LogP) is 4.10. The molecule has 112 valence electrons. The minimum absolute atomic E-state index is 0.242. The molecule has 1 saturated carbocycles. The third-order valence-corrected chi connectivity index (χ3v) is 3.18. The van der Waals surface area contributed by atoms with E-state index in [-0.39, 0.29) is 5.75 Å². The lowest BCUT2D eigenvalue weighted by Gasteiger charge is -2.08. The molecule has 6 heteroatoms. The standard InChI is InChI=1S/C15H14F3NO2/c16-15(17,18)21-12-5-1-10(2-6-12)14-8-7-13(20-14)9-19-11-3-4-11/h1-2,5-8,11,19H,3-4,9H2. The van der Waals surface area contributed by atoms with Crippen molar-refractivity contribution in [3.8, 4) is 17.1 Å².